The van der Waals surface area contributed by atoms with Crippen LogP contribution in [-0.4, -0.2) is 9.55 Å². The average Bonchev–Trinajstić information content (AvgIpc) is 3.27. The van der Waals surface area contributed by atoms with E-state index in [-0.39, 0.29) is 17.5 Å². The Morgan fingerprint density at radius 1 is 1.45 bits per heavy atom. The molecule has 104 valence electrons. The number of halogens is 1. The molecule has 3 rings (SSSR count). The van der Waals surface area contributed by atoms with Gasteiger partial charge in [0.2, 0.25) is 0 Å². The Kier molecular flexibility index (Phi) is 3.46. The molecule has 0 aliphatic heterocycles. The molecule has 6 heteroatoms. The quantitative estimate of drug-likeness (QED) is 0.939. The van der Waals surface area contributed by atoms with E-state index in [1.165, 1.54) is 0 Å². The molecule has 2 aromatic rings. The summed E-state index contributed by atoms with van der Waals surface area (Å²) in [4.78, 5) is 16.2. The van der Waals surface area contributed by atoms with Crippen LogP contribution in [-0.2, 0) is 6.54 Å². The Balaban J connectivity index is 1.91. The summed E-state index contributed by atoms with van der Waals surface area (Å²) in [5, 5.41) is 0.413. The molecule has 0 radical (unpaired) electrons. The molecule has 2 N–H and O–H groups in total. The summed E-state index contributed by atoms with van der Waals surface area (Å²) in [5.41, 5.74) is 6.21. The maximum absolute atomic E-state index is 12.2. The highest BCUT2D eigenvalue weighted by molar-refractivity contribution is 6.32. The van der Waals surface area contributed by atoms with E-state index in [0.717, 1.165) is 18.4 Å². The number of nitrogens with two attached hydrogens (primary N) is 1. The molecule has 0 atom stereocenters. The van der Waals surface area contributed by atoms with E-state index in [2.05, 4.69) is 4.98 Å². The van der Waals surface area contributed by atoms with E-state index in [1.807, 2.05) is 6.07 Å². The van der Waals surface area contributed by atoms with Crippen LogP contribution in [0.1, 0.15) is 24.4 Å². The lowest BCUT2D eigenvalue weighted by Gasteiger charge is -2.09. The van der Waals surface area contributed by atoms with Gasteiger partial charge in [-0.25, -0.2) is 4.98 Å². The van der Waals surface area contributed by atoms with Crippen LogP contribution in [0, 0.1) is 0 Å². The fourth-order valence-corrected chi connectivity index (χ4v) is 2.22. The van der Waals surface area contributed by atoms with E-state index in [1.54, 1.807) is 29.1 Å². The lowest BCUT2D eigenvalue weighted by atomic mass is 10.2. The van der Waals surface area contributed by atoms with Crippen molar-refractivity contribution >= 4 is 11.6 Å². The predicted octanol–water partition coefficient (Wildman–Crippen LogP) is 2.48. The van der Waals surface area contributed by atoms with Gasteiger partial charge in [0.1, 0.15) is 5.75 Å². The van der Waals surface area contributed by atoms with Gasteiger partial charge in [-0.15, -0.1) is 0 Å². The molecule has 1 aliphatic carbocycles. The summed E-state index contributed by atoms with van der Waals surface area (Å²) < 4.78 is 7.20. The van der Waals surface area contributed by atoms with E-state index in [9.17, 15) is 4.79 Å². The zero-order chi connectivity index (χ0) is 14.1. The maximum atomic E-state index is 12.2. The van der Waals surface area contributed by atoms with Crippen LogP contribution in [0.4, 0.5) is 0 Å². The highest BCUT2D eigenvalue weighted by atomic mass is 35.5. The third-order valence-corrected chi connectivity index (χ3v) is 3.51. The van der Waals surface area contributed by atoms with Gasteiger partial charge < -0.3 is 15.0 Å². The summed E-state index contributed by atoms with van der Waals surface area (Å²) in [5.74, 6) is 0.448. The minimum atomic E-state index is -0.228. The molecular weight excluding hydrogens is 278 g/mol. The molecule has 0 saturated heterocycles. The van der Waals surface area contributed by atoms with Crippen LogP contribution >= 0.6 is 11.6 Å². The van der Waals surface area contributed by atoms with Crippen LogP contribution in [0.3, 0.4) is 0 Å². The normalized spacial score (nSPS) is 14.3. The van der Waals surface area contributed by atoms with Crippen molar-refractivity contribution in [3.8, 4) is 11.6 Å². The highest BCUT2D eigenvalue weighted by Crippen LogP contribution is 2.34. The van der Waals surface area contributed by atoms with Crippen LogP contribution in [0.25, 0.3) is 0 Å². The Bertz CT molecular complexity index is 695. The van der Waals surface area contributed by atoms with Gasteiger partial charge >= 0.3 is 5.56 Å². The number of benzene rings is 1. The zero-order valence-electron chi connectivity index (χ0n) is 10.8. The Labute approximate surface area is 121 Å². The molecule has 0 amide bonds. The van der Waals surface area contributed by atoms with Crippen LogP contribution in [0.15, 0.2) is 35.4 Å². The number of hydrogen-bond acceptors (Lipinski definition) is 4. The fourth-order valence-electron chi connectivity index (χ4n) is 1.97. The molecule has 0 unspecified atom stereocenters. The zero-order valence-corrected chi connectivity index (χ0v) is 11.5. The van der Waals surface area contributed by atoms with Crippen LogP contribution < -0.4 is 16.0 Å². The molecule has 0 bridgehead atoms. The van der Waals surface area contributed by atoms with Crippen LogP contribution in [0.5, 0.6) is 11.6 Å². The van der Waals surface area contributed by atoms with Gasteiger partial charge in [0.05, 0.1) is 5.02 Å². The third kappa shape index (κ3) is 2.55. The molecule has 1 aliphatic rings. The van der Waals surface area contributed by atoms with Gasteiger partial charge in [0, 0.05) is 25.0 Å². The van der Waals surface area contributed by atoms with Crippen molar-refractivity contribution in [1.82, 2.24) is 9.55 Å². The summed E-state index contributed by atoms with van der Waals surface area (Å²) in [7, 11) is 0. The number of ether oxygens (including phenoxy) is 1. The second-order valence-corrected chi connectivity index (χ2v) is 5.15. The molecule has 0 spiro atoms. The first-order chi connectivity index (χ1) is 9.69. The van der Waals surface area contributed by atoms with Gasteiger partial charge in [0.25, 0.3) is 5.88 Å². The van der Waals surface area contributed by atoms with Gasteiger partial charge in [-0.3, -0.25) is 4.79 Å². The number of nitrogens with zero attached hydrogens (tertiary/aromatic N) is 2. The van der Waals surface area contributed by atoms with Crippen LogP contribution in [0.2, 0.25) is 5.02 Å². The van der Waals surface area contributed by atoms with E-state index >= 15 is 0 Å². The standard InChI is InChI=1S/C14H14ClN3O2/c15-11-7-9(8-16)1-4-12(11)20-13-14(19)18(6-5-17-13)10-2-3-10/h1,4-7,10H,2-3,8,16H2. The Hall–Kier alpha value is -1.85. The molecule has 1 saturated carbocycles. The molecule has 1 aromatic heterocycles. The van der Waals surface area contributed by atoms with Gasteiger partial charge in [-0.05, 0) is 30.5 Å². The monoisotopic (exact) mass is 291 g/mol. The number of aromatic nitrogens is 2. The lowest BCUT2D eigenvalue weighted by molar-refractivity contribution is 0.444. The molecule has 1 aromatic carbocycles. The van der Waals surface area contributed by atoms with Crippen molar-refractivity contribution in [3.63, 3.8) is 0 Å². The van der Waals surface area contributed by atoms with Crippen molar-refractivity contribution in [2.24, 2.45) is 5.73 Å². The van der Waals surface area contributed by atoms with Crippen molar-refractivity contribution in [3.05, 3.63) is 51.5 Å². The number of rotatable bonds is 4. The Morgan fingerprint density at radius 2 is 2.25 bits per heavy atom. The largest absolute Gasteiger partial charge is 0.433 e. The summed E-state index contributed by atoms with van der Waals surface area (Å²) >= 11 is 6.11. The van der Waals surface area contributed by atoms with Gasteiger partial charge in [-0.1, -0.05) is 17.7 Å². The smallest absolute Gasteiger partial charge is 0.313 e. The topological polar surface area (TPSA) is 70.1 Å². The molecule has 5 nitrogen and oxygen atoms in total. The SMILES string of the molecule is NCc1ccc(Oc2nccn(C3CC3)c2=O)c(Cl)c1. The third-order valence-electron chi connectivity index (χ3n) is 3.22. The molecule has 1 heterocycles. The molecule has 1 fully saturated rings. The maximum Gasteiger partial charge on any atom is 0.313 e. The summed E-state index contributed by atoms with van der Waals surface area (Å²) in [6, 6.07) is 5.51. The first-order valence-corrected chi connectivity index (χ1v) is 6.80. The summed E-state index contributed by atoms with van der Waals surface area (Å²) in [6.07, 6.45) is 5.30. The Morgan fingerprint density at radius 3 is 2.90 bits per heavy atom. The lowest BCUT2D eigenvalue weighted by Crippen LogP contribution is -2.20. The fraction of sp³-hybridized carbons (Fsp3) is 0.286. The molecule has 20 heavy (non-hydrogen) atoms. The first kappa shape index (κ1) is 13.1. The van der Waals surface area contributed by atoms with E-state index in [4.69, 9.17) is 22.1 Å². The molecular formula is C14H14ClN3O2. The highest BCUT2D eigenvalue weighted by Gasteiger charge is 2.25. The minimum absolute atomic E-state index is 0.0433. The van der Waals surface area contributed by atoms with Gasteiger partial charge in [0.15, 0.2) is 0 Å². The average molecular weight is 292 g/mol. The first-order valence-electron chi connectivity index (χ1n) is 6.42. The van der Waals surface area contributed by atoms with Crippen molar-refractivity contribution in [1.29, 1.82) is 0 Å². The van der Waals surface area contributed by atoms with Crippen molar-refractivity contribution in [2.45, 2.75) is 25.4 Å². The minimum Gasteiger partial charge on any atom is -0.433 e. The van der Waals surface area contributed by atoms with E-state index in [0.29, 0.717) is 17.3 Å². The van der Waals surface area contributed by atoms with Crippen molar-refractivity contribution in [2.75, 3.05) is 0 Å². The summed E-state index contributed by atoms with van der Waals surface area (Å²) in [6.45, 7) is 0.401. The van der Waals surface area contributed by atoms with E-state index < -0.39 is 0 Å². The second-order valence-electron chi connectivity index (χ2n) is 4.75. The number of hydrogen-bond donors (Lipinski definition) is 1. The van der Waals surface area contributed by atoms with Gasteiger partial charge in [-0.2, -0.15) is 0 Å². The predicted molar refractivity (Wildman–Crippen MR) is 76.2 cm³/mol. The van der Waals surface area contributed by atoms with Crippen molar-refractivity contribution < 1.29 is 4.74 Å². The second kappa shape index (κ2) is 5.26.